The van der Waals surface area contributed by atoms with Crippen molar-refractivity contribution in [3.8, 4) is 0 Å². The van der Waals surface area contributed by atoms with Crippen LogP contribution in [0.4, 0.5) is 11.4 Å². The van der Waals surface area contributed by atoms with E-state index < -0.39 is 6.10 Å². The van der Waals surface area contributed by atoms with Crippen LogP contribution < -0.4 is 5.32 Å². The first-order valence-corrected chi connectivity index (χ1v) is 11.1. The number of benzene rings is 2. The van der Waals surface area contributed by atoms with Crippen molar-refractivity contribution in [1.82, 2.24) is 20.0 Å². The van der Waals surface area contributed by atoms with Crippen molar-refractivity contribution in [2.45, 2.75) is 25.5 Å². The van der Waals surface area contributed by atoms with Gasteiger partial charge in [0.2, 0.25) is 0 Å². The fourth-order valence-electron chi connectivity index (χ4n) is 4.62. The molecule has 2 aromatic carbocycles. The minimum atomic E-state index is -0.574. The summed E-state index contributed by atoms with van der Waals surface area (Å²) in [6, 6.07) is 16.2. The Morgan fingerprint density at radius 3 is 2.62 bits per heavy atom. The van der Waals surface area contributed by atoms with Crippen LogP contribution in [-0.4, -0.2) is 63.3 Å². The number of carbonyl (C=O) groups is 1. The molecular weight excluding hydrogens is 402 g/mol. The first-order valence-electron chi connectivity index (χ1n) is 11.1. The predicted molar refractivity (Wildman–Crippen MR) is 123 cm³/mol. The van der Waals surface area contributed by atoms with Crippen molar-refractivity contribution < 1.29 is 9.90 Å². The van der Waals surface area contributed by atoms with E-state index in [1.807, 2.05) is 24.3 Å². The molecule has 1 amide bonds. The van der Waals surface area contributed by atoms with Gasteiger partial charge >= 0.3 is 0 Å². The van der Waals surface area contributed by atoms with Gasteiger partial charge in [0.05, 0.1) is 24.2 Å². The molecule has 2 aliphatic rings. The zero-order chi connectivity index (χ0) is 21.9. The number of hydrogen-bond acceptors (Lipinski definition) is 6. The van der Waals surface area contributed by atoms with Gasteiger partial charge in [-0.15, -0.1) is 0 Å². The highest BCUT2D eigenvalue weighted by molar-refractivity contribution is 5.97. The number of fused-ring (bicyclic) bond motifs is 2. The molecule has 7 heteroatoms. The van der Waals surface area contributed by atoms with Crippen LogP contribution in [0, 0.1) is 0 Å². The standard InChI is InChI=1S/C25H27N5O2/c31-23(16-29-11-8-18-3-1-2-4-20(18)15-29)17-30-12-9-19-5-6-21(13-24(19)25(30)32)28-22-7-10-26-27-14-22/h1-7,10,13-14,23,31H,8-9,11-12,15-17H2,(H,26,28)/t23-/m1/s1. The topological polar surface area (TPSA) is 81.6 Å². The second-order valence-electron chi connectivity index (χ2n) is 8.54. The molecule has 164 valence electrons. The molecule has 0 saturated heterocycles. The Hall–Kier alpha value is -3.29. The normalized spacial score (nSPS) is 16.9. The summed E-state index contributed by atoms with van der Waals surface area (Å²) < 4.78 is 0. The number of anilines is 2. The maximum atomic E-state index is 13.2. The predicted octanol–water partition coefficient (Wildman–Crippen LogP) is 2.64. The smallest absolute Gasteiger partial charge is 0.254 e. The molecule has 3 heterocycles. The summed E-state index contributed by atoms with van der Waals surface area (Å²) in [6.07, 6.45) is 4.48. The van der Waals surface area contributed by atoms with Crippen LogP contribution in [0.2, 0.25) is 0 Å². The molecule has 0 spiro atoms. The maximum Gasteiger partial charge on any atom is 0.254 e. The summed E-state index contributed by atoms with van der Waals surface area (Å²) in [6.45, 7) is 3.34. The fraction of sp³-hybridized carbons (Fsp3) is 0.320. The molecule has 0 radical (unpaired) electrons. The number of nitrogens with zero attached hydrogens (tertiary/aromatic N) is 4. The lowest BCUT2D eigenvalue weighted by molar-refractivity contribution is 0.0493. The lowest BCUT2D eigenvalue weighted by Crippen LogP contribution is -2.46. The third-order valence-corrected chi connectivity index (χ3v) is 6.26. The van der Waals surface area contributed by atoms with Crippen LogP contribution in [0.25, 0.3) is 0 Å². The molecule has 1 atom stereocenters. The zero-order valence-corrected chi connectivity index (χ0v) is 17.9. The first kappa shape index (κ1) is 20.6. The van der Waals surface area contributed by atoms with Gasteiger partial charge in [-0.2, -0.15) is 10.2 Å². The number of rotatable bonds is 6. The second kappa shape index (κ2) is 9.06. The summed E-state index contributed by atoms with van der Waals surface area (Å²) in [5.41, 5.74) is 6.12. The highest BCUT2D eigenvalue weighted by atomic mass is 16.3. The molecule has 0 saturated carbocycles. The van der Waals surface area contributed by atoms with E-state index in [0.717, 1.165) is 42.9 Å². The number of nitrogens with one attached hydrogen (secondary N) is 1. The van der Waals surface area contributed by atoms with Gasteiger partial charge in [0.25, 0.3) is 5.91 Å². The molecule has 2 aliphatic heterocycles. The molecule has 5 rings (SSSR count). The molecule has 32 heavy (non-hydrogen) atoms. The summed E-state index contributed by atoms with van der Waals surface area (Å²) >= 11 is 0. The van der Waals surface area contributed by atoms with E-state index in [0.29, 0.717) is 25.2 Å². The highest BCUT2D eigenvalue weighted by Crippen LogP contribution is 2.25. The Bertz CT molecular complexity index is 1100. The molecule has 7 nitrogen and oxygen atoms in total. The van der Waals surface area contributed by atoms with Crippen molar-refractivity contribution in [3.63, 3.8) is 0 Å². The van der Waals surface area contributed by atoms with Gasteiger partial charge in [-0.05, 0) is 47.7 Å². The average molecular weight is 430 g/mol. The first-order chi connectivity index (χ1) is 15.7. The summed E-state index contributed by atoms with van der Waals surface area (Å²) in [4.78, 5) is 17.2. The van der Waals surface area contributed by atoms with Crippen molar-refractivity contribution in [2.24, 2.45) is 0 Å². The lowest BCUT2D eigenvalue weighted by atomic mass is 9.97. The Morgan fingerprint density at radius 2 is 1.78 bits per heavy atom. The van der Waals surface area contributed by atoms with E-state index in [4.69, 9.17) is 0 Å². The van der Waals surface area contributed by atoms with E-state index in [9.17, 15) is 9.90 Å². The van der Waals surface area contributed by atoms with Gasteiger partial charge in [-0.1, -0.05) is 30.3 Å². The van der Waals surface area contributed by atoms with E-state index in [-0.39, 0.29) is 5.91 Å². The van der Waals surface area contributed by atoms with E-state index >= 15 is 0 Å². The van der Waals surface area contributed by atoms with Gasteiger partial charge in [0.15, 0.2) is 0 Å². The number of amides is 1. The SMILES string of the molecule is O=C1c2cc(Nc3ccnnc3)ccc2CCN1C[C@H](O)CN1CCc2ccccc2C1. The minimum Gasteiger partial charge on any atom is -0.390 e. The van der Waals surface area contributed by atoms with E-state index in [1.54, 1.807) is 17.3 Å². The third kappa shape index (κ3) is 4.49. The molecule has 1 aromatic heterocycles. The van der Waals surface area contributed by atoms with Crippen molar-refractivity contribution >= 4 is 17.3 Å². The maximum absolute atomic E-state index is 13.2. The van der Waals surface area contributed by atoms with Gasteiger partial charge in [0.1, 0.15) is 0 Å². The molecular formula is C25H27N5O2. The minimum absolute atomic E-state index is 0.0224. The summed E-state index contributed by atoms with van der Waals surface area (Å²) in [5.74, 6) is -0.0224. The van der Waals surface area contributed by atoms with Gasteiger partial charge in [-0.25, -0.2) is 0 Å². The van der Waals surface area contributed by atoms with Gasteiger partial charge in [0, 0.05) is 44.0 Å². The molecule has 3 aromatic rings. The molecule has 2 N–H and O–H groups in total. The molecule has 0 fully saturated rings. The van der Waals surface area contributed by atoms with E-state index in [1.165, 1.54) is 11.1 Å². The highest BCUT2D eigenvalue weighted by Gasteiger charge is 2.27. The van der Waals surface area contributed by atoms with Gasteiger partial charge < -0.3 is 15.3 Å². The molecule has 0 unspecified atom stereocenters. The molecule has 0 bridgehead atoms. The van der Waals surface area contributed by atoms with Crippen LogP contribution in [0.5, 0.6) is 0 Å². The summed E-state index contributed by atoms with van der Waals surface area (Å²) in [7, 11) is 0. The second-order valence-corrected chi connectivity index (χ2v) is 8.54. The fourth-order valence-corrected chi connectivity index (χ4v) is 4.62. The van der Waals surface area contributed by atoms with Crippen LogP contribution >= 0.6 is 0 Å². The Balaban J connectivity index is 1.22. The monoisotopic (exact) mass is 429 g/mol. The largest absolute Gasteiger partial charge is 0.390 e. The van der Waals surface area contributed by atoms with Crippen molar-refractivity contribution in [2.75, 3.05) is 31.5 Å². The number of carbonyl (C=O) groups excluding carboxylic acids is 1. The average Bonchev–Trinajstić information content (AvgIpc) is 2.82. The van der Waals surface area contributed by atoms with Crippen LogP contribution in [-0.2, 0) is 19.4 Å². The number of aromatic nitrogens is 2. The van der Waals surface area contributed by atoms with Crippen LogP contribution in [0.15, 0.2) is 60.9 Å². The number of aliphatic hydroxyl groups is 1. The van der Waals surface area contributed by atoms with Crippen LogP contribution in [0.1, 0.15) is 27.0 Å². The quantitative estimate of drug-likeness (QED) is 0.627. The van der Waals surface area contributed by atoms with E-state index in [2.05, 4.69) is 44.7 Å². The Labute approximate surface area is 187 Å². The number of hydrogen-bond donors (Lipinski definition) is 2. The zero-order valence-electron chi connectivity index (χ0n) is 17.9. The lowest BCUT2D eigenvalue weighted by Gasteiger charge is -2.34. The summed E-state index contributed by atoms with van der Waals surface area (Å²) in [5, 5.41) is 21.7. The molecule has 0 aliphatic carbocycles. The third-order valence-electron chi connectivity index (χ3n) is 6.26. The Morgan fingerprint density at radius 1 is 0.938 bits per heavy atom. The number of aliphatic hydroxyl groups excluding tert-OH is 1. The van der Waals surface area contributed by atoms with Gasteiger partial charge in [-0.3, -0.25) is 9.69 Å². The Kier molecular flexibility index (Phi) is 5.83. The van der Waals surface area contributed by atoms with Crippen LogP contribution in [0.3, 0.4) is 0 Å². The van der Waals surface area contributed by atoms with Crippen molar-refractivity contribution in [1.29, 1.82) is 0 Å². The number of β-amino-alcohol motifs (C(OH)–C–C–N with tert-alkyl or cyclic N) is 1. The van der Waals surface area contributed by atoms with Crippen molar-refractivity contribution in [3.05, 3.63) is 83.2 Å².